The minimum atomic E-state index is -3.26. The minimum absolute atomic E-state index is 0.167. The zero-order chi connectivity index (χ0) is 42.0. The average Bonchev–Trinajstić information content (AvgIpc) is 3.29. The molecule has 5 aromatic carbocycles. The van der Waals surface area contributed by atoms with E-state index in [-0.39, 0.29) is 17.2 Å². The minimum Gasteiger partial charge on any atom is -0.329 e. The second-order valence-electron chi connectivity index (χ2n) is 13.3. The molecule has 0 spiro atoms. The van der Waals surface area contributed by atoms with Crippen molar-refractivity contribution in [3.8, 4) is 62.3 Å². The molecule has 0 aliphatic rings. The molecule has 1 atom stereocenters. The van der Waals surface area contributed by atoms with Gasteiger partial charge in [-0.05, 0) is 91.0 Å². The lowest BCUT2D eigenvalue weighted by Gasteiger charge is -2.12. The van der Waals surface area contributed by atoms with Crippen molar-refractivity contribution < 1.29 is 57.7 Å². The Hall–Kier alpha value is -6.09. The van der Waals surface area contributed by atoms with Crippen molar-refractivity contribution in [1.29, 1.82) is 0 Å². The maximum atomic E-state index is 10.9. The Morgan fingerprint density at radius 1 is 0.393 bits per heavy atom. The summed E-state index contributed by atoms with van der Waals surface area (Å²) in [6, 6.07) is 41.9. The molecule has 1 unspecified atom stereocenters. The highest BCUT2D eigenvalue weighted by atomic mass is 31.2. The molecule has 0 saturated heterocycles. The first kappa shape index (κ1) is 40.3. The average molecular weight is 875 g/mol. The van der Waals surface area contributed by atoms with Gasteiger partial charge >= 0.3 is 25.5 Å². The van der Waals surface area contributed by atoms with E-state index in [0.29, 0.717) is 56.0 Å². The molecule has 0 bridgehead atoms. The Labute approximate surface area is 347 Å². The van der Waals surface area contributed by atoms with Crippen LogP contribution in [0.25, 0.3) is 88.6 Å². The van der Waals surface area contributed by atoms with Crippen LogP contribution in [0.2, 0.25) is 0 Å². The monoisotopic (exact) mass is 874 g/mol. The van der Waals surface area contributed by atoms with E-state index < -0.39 is 25.5 Å². The van der Waals surface area contributed by atoms with E-state index in [0.717, 1.165) is 32.7 Å². The third-order valence-corrected chi connectivity index (χ3v) is 10.1. The number of aromatic nitrogens is 4. The second-order valence-corrected chi connectivity index (χ2v) is 15.3. The summed E-state index contributed by atoms with van der Waals surface area (Å²) in [4.78, 5) is 81.2. The summed E-state index contributed by atoms with van der Waals surface area (Å²) in [5.74, 6) is 0.701. The van der Waals surface area contributed by atoms with Crippen LogP contribution in [0, 0.1) is 0 Å². The fraction of sp³-hybridized carbons (Fsp3) is 0. The van der Waals surface area contributed by atoms with Crippen molar-refractivity contribution in [3.05, 3.63) is 140 Å². The molecule has 4 heterocycles. The molecule has 19 heteroatoms. The Bertz CT molecular complexity index is 3110. The number of benzene rings is 5. The topological polar surface area (TPSA) is 225 Å². The molecule has 16 nitrogen and oxygen atoms in total. The van der Waals surface area contributed by atoms with Crippen molar-refractivity contribution in [1.82, 2.24) is 19.9 Å². The van der Waals surface area contributed by atoms with Gasteiger partial charge in [0.25, 0.3) is 0 Å². The van der Waals surface area contributed by atoms with Gasteiger partial charge in [-0.1, -0.05) is 48.5 Å². The van der Waals surface area contributed by atoms with E-state index in [1.54, 1.807) is 60.7 Å². The summed E-state index contributed by atoms with van der Waals surface area (Å²) >= 11 is 0. The van der Waals surface area contributed by atoms with Crippen molar-refractivity contribution in [2.75, 3.05) is 0 Å². The molecule has 9 rings (SSSR count). The van der Waals surface area contributed by atoms with Crippen molar-refractivity contribution in [3.63, 3.8) is 0 Å². The molecular formula is C42H29N4O12P3. The Morgan fingerprint density at radius 3 is 1.08 bits per heavy atom. The van der Waals surface area contributed by atoms with E-state index in [1.165, 1.54) is 0 Å². The van der Waals surface area contributed by atoms with E-state index in [1.807, 2.05) is 78.9 Å². The van der Waals surface area contributed by atoms with Crippen LogP contribution < -0.4 is 14.7 Å². The van der Waals surface area contributed by atoms with Crippen LogP contribution in [-0.4, -0.2) is 44.4 Å². The van der Waals surface area contributed by atoms with Gasteiger partial charge in [-0.15, -0.1) is 14.0 Å². The third-order valence-electron chi connectivity index (χ3n) is 9.45. The molecule has 0 fully saturated rings. The lowest BCUT2D eigenvalue weighted by Crippen LogP contribution is -1.96. The third kappa shape index (κ3) is 9.02. The molecule has 4 aromatic heterocycles. The fourth-order valence-electron chi connectivity index (χ4n) is 6.72. The second kappa shape index (κ2) is 17.5. The van der Waals surface area contributed by atoms with E-state index in [4.69, 9.17) is 54.0 Å². The predicted octanol–water partition coefficient (Wildman–Crippen LogP) is 9.28. The van der Waals surface area contributed by atoms with Gasteiger partial charge in [0.05, 0.1) is 44.8 Å². The number of pyridine rings is 4. The van der Waals surface area contributed by atoms with Crippen LogP contribution in [0.4, 0.5) is 0 Å². The molecule has 0 aliphatic carbocycles. The standard InChI is InChI=1S/C42H29N4O12P3/c47-59(48)56-53-32-13-5-24(6-14-32)35-17-9-26-1-3-28-11-19-37(45-41(28)39(26)43-35)30-21-31(23-34(22-30)55-58-61(51)52)38-20-12-29-4-2-27-10-18-36(44-40(27)42(29)46-38)25-7-15-33(16-8-25)54-57-60(49)50/h1-23,47-48,51-52,60H,(H,49,50). The Morgan fingerprint density at radius 2 is 0.721 bits per heavy atom. The highest BCUT2D eigenvalue weighted by molar-refractivity contribution is 7.39. The van der Waals surface area contributed by atoms with Gasteiger partial charge in [0.2, 0.25) is 0 Å². The van der Waals surface area contributed by atoms with Gasteiger partial charge in [0.15, 0.2) is 17.2 Å². The molecule has 0 amide bonds. The molecule has 61 heavy (non-hydrogen) atoms. The van der Waals surface area contributed by atoms with E-state index in [2.05, 4.69) is 9.35 Å². The molecule has 0 saturated carbocycles. The first-order valence-corrected chi connectivity index (χ1v) is 21.6. The highest BCUT2D eigenvalue weighted by Crippen LogP contribution is 2.37. The summed E-state index contributed by atoms with van der Waals surface area (Å²) in [7, 11) is -8.76. The zero-order valence-corrected chi connectivity index (χ0v) is 33.8. The number of fused-ring (bicyclic) bond motifs is 6. The van der Waals surface area contributed by atoms with Crippen LogP contribution in [0.1, 0.15) is 0 Å². The van der Waals surface area contributed by atoms with Gasteiger partial charge in [-0.25, -0.2) is 19.9 Å². The van der Waals surface area contributed by atoms with Gasteiger partial charge in [-0.3, -0.25) is 4.57 Å². The van der Waals surface area contributed by atoms with Crippen LogP contribution in [-0.2, 0) is 18.6 Å². The Kier molecular flexibility index (Phi) is 11.6. The lowest BCUT2D eigenvalue weighted by molar-refractivity contribution is -0.109. The molecule has 0 aliphatic heterocycles. The number of hydrogen-bond acceptors (Lipinski definition) is 15. The fourth-order valence-corrected chi connectivity index (χ4v) is 7.19. The van der Waals surface area contributed by atoms with E-state index >= 15 is 0 Å². The molecular weight excluding hydrogens is 845 g/mol. The molecule has 5 N–H and O–H groups in total. The Balaban J connectivity index is 1.10. The van der Waals surface area contributed by atoms with E-state index in [9.17, 15) is 14.4 Å². The summed E-state index contributed by atoms with van der Waals surface area (Å²) in [6.45, 7) is 0. The van der Waals surface area contributed by atoms with Crippen LogP contribution in [0.15, 0.2) is 140 Å². The number of rotatable bonds is 13. The van der Waals surface area contributed by atoms with Crippen molar-refractivity contribution in [2.24, 2.45) is 0 Å². The highest BCUT2D eigenvalue weighted by Gasteiger charge is 2.16. The van der Waals surface area contributed by atoms with Crippen molar-refractivity contribution in [2.45, 2.75) is 0 Å². The maximum absolute atomic E-state index is 10.9. The first-order valence-electron chi connectivity index (χ1n) is 18.0. The normalized spacial score (nSPS) is 12.2. The summed E-state index contributed by atoms with van der Waals surface area (Å²) < 4.78 is 24.5. The zero-order valence-electron chi connectivity index (χ0n) is 31.1. The lowest BCUT2D eigenvalue weighted by atomic mass is 10.0. The maximum Gasteiger partial charge on any atom is 0.370 e. The van der Waals surface area contributed by atoms with Gasteiger partial charge in [-0.2, -0.15) is 0 Å². The van der Waals surface area contributed by atoms with Gasteiger partial charge in [0, 0.05) is 43.8 Å². The number of hydrogen-bond donors (Lipinski definition) is 5. The first-order chi connectivity index (χ1) is 29.6. The summed E-state index contributed by atoms with van der Waals surface area (Å²) in [5, 5.41) is 3.42. The SMILES string of the molecule is O=[PH](O)OOc1ccc(-c2ccc3ccc4ccc(-c5cc(OOP(O)O)cc(-c6ccc7ccc8ccc(-c9ccc(OOP(O)O)cc9)nc8c7n6)c5)nc4c3n2)cc1. The number of nitrogens with zero attached hydrogens (tertiary/aromatic N) is 4. The van der Waals surface area contributed by atoms with Gasteiger partial charge in [0.1, 0.15) is 0 Å². The van der Waals surface area contributed by atoms with Crippen LogP contribution >= 0.6 is 25.5 Å². The molecule has 9 aromatic rings. The predicted molar refractivity (Wildman–Crippen MR) is 228 cm³/mol. The quantitative estimate of drug-likeness (QED) is 0.0315. The molecule has 304 valence electrons. The van der Waals surface area contributed by atoms with Crippen LogP contribution in [0.5, 0.6) is 17.2 Å². The van der Waals surface area contributed by atoms with Gasteiger partial charge < -0.3 is 39.1 Å². The largest absolute Gasteiger partial charge is 0.370 e. The summed E-state index contributed by atoms with van der Waals surface area (Å²) in [6.07, 6.45) is 0. The smallest absolute Gasteiger partial charge is 0.329 e. The van der Waals surface area contributed by atoms with Crippen molar-refractivity contribution >= 4 is 69.1 Å². The summed E-state index contributed by atoms with van der Waals surface area (Å²) in [5.41, 5.74) is 7.79. The molecule has 0 radical (unpaired) electrons. The van der Waals surface area contributed by atoms with Crippen LogP contribution in [0.3, 0.4) is 0 Å².